The van der Waals surface area contributed by atoms with Crippen LogP contribution >= 0.6 is 0 Å². The number of halogens is 1. The van der Waals surface area contributed by atoms with E-state index < -0.39 is 21.7 Å². The second-order valence-electron chi connectivity index (χ2n) is 4.19. The van der Waals surface area contributed by atoms with Gasteiger partial charge in [0.1, 0.15) is 10.7 Å². The Labute approximate surface area is 117 Å². The molecule has 0 saturated heterocycles. The molecule has 0 radical (unpaired) electrons. The minimum atomic E-state index is -3.93. The molecule has 20 heavy (non-hydrogen) atoms. The highest BCUT2D eigenvalue weighted by atomic mass is 32.2. The maximum Gasteiger partial charge on any atom is 0.245 e. The Morgan fingerprint density at radius 3 is 2.60 bits per heavy atom. The quantitative estimate of drug-likeness (QED) is 0.751. The molecule has 6 nitrogen and oxygen atoms in total. The Kier molecular flexibility index (Phi) is 5.46. The van der Waals surface area contributed by atoms with Gasteiger partial charge in [0.15, 0.2) is 0 Å². The van der Waals surface area contributed by atoms with Crippen molar-refractivity contribution in [2.45, 2.75) is 18.2 Å². The average Bonchev–Trinajstić information content (AvgIpc) is 2.37. The fourth-order valence-electron chi connectivity index (χ4n) is 1.67. The maximum atomic E-state index is 13.0. The molecule has 1 rings (SSSR count). The maximum absolute atomic E-state index is 13.0. The van der Waals surface area contributed by atoms with Crippen molar-refractivity contribution in [3.8, 4) is 0 Å². The van der Waals surface area contributed by atoms with Crippen LogP contribution in [0.5, 0.6) is 0 Å². The van der Waals surface area contributed by atoms with E-state index in [0.717, 1.165) is 22.5 Å². The first-order valence-electron chi connectivity index (χ1n) is 6.08. The molecule has 0 atom stereocenters. The van der Waals surface area contributed by atoms with Gasteiger partial charge in [0.05, 0.1) is 12.2 Å². The number of carbonyl (C=O) groups excluding carboxylic acids is 1. The second kappa shape index (κ2) is 6.67. The molecular weight excluding hydrogens is 285 g/mol. The number of carbonyl (C=O) groups is 1. The van der Waals surface area contributed by atoms with Crippen LogP contribution in [-0.2, 0) is 14.8 Å². The summed E-state index contributed by atoms with van der Waals surface area (Å²) in [4.78, 5) is 11.2. The summed E-state index contributed by atoms with van der Waals surface area (Å²) in [5.74, 6) is -1.04. The van der Waals surface area contributed by atoms with Gasteiger partial charge < -0.3 is 11.1 Å². The molecule has 0 aliphatic rings. The number of hydrogen-bond acceptors (Lipinski definition) is 4. The zero-order chi connectivity index (χ0) is 15.3. The van der Waals surface area contributed by atoms with E-state index in [2.05, 4.69) is 5.32 Å². The van der Waals surface area contributed by atoms with Crippen molar-refractivity contribution in [2.75, 3.05) is 25.9 Å². The number of anilines is 1. The molecule has 0 aliphatic heterocycles. The van der Waals surface area contributed by atoms with Crippen molar-refractivity contribution in [3.05, 3.63) is 24.0 Å². The third-order valence-corrected chi connectivity index (χ3v) is 4.58. The molecule has 0 aliphatic carbocycles. The zero-order valence-electron chi connectivity index (χ0n) is 11.4. The van der Waals surface area contributed by atoms with Crippen molar-refractivity contribution in [1.29, 1.82) is 0 Å². The lowest BCUT2D eigenvalue weighted by molar-refractivity contribution is -0.120. The first-order valence-corrected chi connectivity index (χ1v) is 7.52. The predicted molar refractivity (Wildman–Crippen MR) is 73.9 cm³/mol. The van der Waals surface area contributed by atoms with E-state index in [9.17, 15) is 17.6 Å². The van der Waals surface area contributed by atoms with Crippen LogP contribution in [0.25, 0.3) is 0 Å². The summed E-state index contributed by atoms with van der Waals surface area (Å²) in [5.41, 5.74) is 5.38. The monoisotopic (exact) mass is 303 g/mol. The highest BCUT2D eigenvalue weighted by molar-refractivity contribution is 7.89. The van der Waals surface area contributed by atoms with E-state index in [0.29, 0.717) is 6.42 Å². The zero-order valence-corrected chi connectivity index (χ0v) is 12.2. The summed E-state index contributed by atoms with van der Waals surface area (Å²) in [7, 11) is -2.51. The van der Waals surface area contributed by atoms with Crippen LogP contribution in [0.4, 0.5) is 10.1 Å². The highest BCUT2D eigenvalue weighted by Crippen LogP contribution is 2.23. The molecule has 0 spiro atoms. The fourth-order valence-corrected chi connectivity index (χ4v) is 3.25. The van der Waals surface area contributed by atoms with Gasteiger partial charge in [-0.3, -0.25) is 4.79 Å². The normalized spacial score (nSPS) is 11.6. The Bertz CT molecular complexity index is 590. The molecule has 0 saturated carbocycles. The fraction of sp³-hybridized carbons (Fsp3) is 0.417. The molecule has 0 fully saturated rings. The number of benzene rings is 1. The number of sulfonamides is 1. The Morgan fingerprint density at radius 2 is 2.10 bits per heavy atom. The number of likely N-dealkylation sites (N-methyl/N-ethyl adjacent to an activating group) is 1. The van der Waals surface area contributed by atoms with E-state index >= 15 is 0 Å². The number of hydrogen-bond donors (Lipinski definition) is 2. The van der Waals surface area contributed by atoms with E-state index in [1.54, 1.807) is 6.92 Å². The van der Waals surface area contributed by atoms with Crippen LogP contribution in [0.3, 0.4) is 0 Å². The Hall–Kier alpha value is -1.67. The Morgan fingerprint density at radius 1 is 1.45 bits per heavy atom. The Balaban J connectivity index is 3.18. The molecule has 1 aromatic carbocycles. The van der Waals surface area contributed by atoms with Crippen molar-refractivity contribution in [2.24, 2.45) is 0 Å². The van der Waals surface area contributed by atoms with Gasteiger partial charge in [-0.1, -0.05) is 6.92 Å². The van der Waals surface area contributed by atoms with E-state index in [4.69, 9.17) is 5.73 Å². The number of nitrogens with zero attached hydrogens (tertiary/aromatic N) is 1. The van der Waals surface area contributed by atoms with E-state index in [1.807, 2.05) is 0 Å². The molecule has 112 valence electrons. The van der Waals surface area contributed by atoms with Crippen LogP contribution in [0, 0.1) is 5.82 Å². The smallest absolute Gasteiger partial charge is 0.245 e. The number of nitrogens with one attached hydrogen (secondary N) is 1. The molecular formula is C12H18FN3O3S. The van der Waals surface area contributed by atoms with Crippen LogP contribution in [0.1, 0.15) is 13.3 Å². The van der Waals surface area contributed by atoms with Gasteiger partial charge in [0.25, 0.3) is 0 Å². The average molecular weight is 303 g/mol. The summed E-state index contributed by atoms with van der Waals surface area (Å²) in [6.07, 6.45) is 0.539. The second-order valence-corrected chi connectivity index (χ2v) is 6.10. The van der Waals surface area contributed by atoms with Crippen LogP contribution < -0.4 is 11.1 Å². The molecule has 1 amide bonds. The molecule has 8 heteroatoms. The van der Waals surface area contributed by atoms with Crippen molar-refractivity contribution >= 4 is 21.6 Å². The van der Waals surface area contributed by atoms with E-state index in [-0.39, 0.29) is 23.7 Å². The third kappa shape index (κ3) is 3.67. The first kappa shape index (κ1) is 16.4. The van der Waals surface area contributed by atoms with Crippen LogP contribution in [0.2, 0.25) is 0 Å². The third-order valence-electron chi connectivity index (χ3n) is 2.66. The lowest BCUT2D eigenvalue weighted by Gasteiger charge is -2.21. The van der Waals surface area contributed by atoms with Gasteiger partial charge in [-0.15, -0.1) is 0 Å². The van der Waals surface area contributed by atoms with Crippen molar-refractivity contribution < 1.29 is 17.6 Å². The van der Waals surface area contributed by atoms with Crippen LogP contribution in [-0.4, -0.2) is 38.8 Å². The largest absolute Gasteiger partial charge is 0.398 e. The molecule has 1 aromatic rings. The van der Waals surface area contributed by atoms with Crippen LogP contribution in [0.15, 0.2) is 23.1 Å². The number of nitrogens with two attached hydrogens (primary N) is 1. The van der Waals surface area contributed by atoms with Gasteiger partial charge in [-0.25, -0.2) is 12.8 Å². The topological polar surface area (TPSA) is 92.5 Å². The number of rotatable bonds is 6. The van der Waals surface area contributed by atoms with Gasteiger partial charge in [0.2, 0.25) is 15.9 Å². The lowest BCUT2D eigenvalue weighted by atomic mass is 10.3. The lowest BCUT2D eigenvalue weighted by Crippen LogP contribution is -2.40. The van der Waals surface area contributed by atoms with Gasteiger partial charge >= 0.3 is 0 Å². The SMILES string of the molecule is CCCN(CC(=O)NC)S(=O)(=O)c1ccc(F)cc1N. The summed E-state index contributed by atoms with van der Waals surface area (Å²) >= 11 is 0. The summed E-state index contributed by atoms with van der Waals surface area (Å²) in [6.45, 7) is 1.66. The molecule has 3 N–H and O–H groups in total. The minimum absolute atomic E-state index is 0.173. The minimum Gasteiger partial charge on any atom is -0.398 e. The van der Waals surface area contributed by atoms with Crippen molar-refractivity contribution in [1.82, 2.24) is 9.62 Å². The number of amides is 1. The standard InChI is InChI=1S/C12H18FN3O3S/c1-3-6-16(8-12(17)15-2)20(18,19)11-5-4-9(13)7-10(11)14/h4-5,7H,3,6,8,14H2,1-2H3,(H,15,17). The van der Waals surface area contributed by atoms with Gasteiger partial charge in [-0.05, 0) is 24.6 Å². The molecule has 0 unspecified atom stereocenters. The summed E-state index contributed by atoms with van der Waals surface area (Å²) < 4.78 is 38.9. The first-order chi connectivity index (χ1) is 9.32. The molecule has 0 aromatic heterocycles. The highest BCUT2D eigenvalue weighted by Gasteiger charge is 2.27. The van der Waals surface area contributed by atoms with Crippen molar-refractivity contribution in [3.63, 3.8) is 0 Å². The predicted octanol–water partition coefficient (Wildman–Crippen LogP) is 0.555. The molecule has 0 bridgehead atoms. The van der Waals surface area contributed by atoms with Gasteiger partial charge in [0, 0.05) is 13.6 Å². The van der Waals surface area contributed by atoms with E-state index in [1.165, 1.54) is 7.05 Å². The summed E-state index contributed by atoms with van der Waals surface area (Å²) in [5, 5.41) is 2.36. The summed E-state index contributed by atoms with van der Waals surface area (Å²) in [6, 6.07) is 3.07. The van der Waals surface area contributed by atoms with Gasteiger partial charge in [-0.2, -0.15) is 4.31 Å². The number of nitrogen functional groups attached to an aromatic ring is 1. The molecule has 0 heterocycles.